The zero-order chi connectivity index (χ0) is 14.3. The summed E-state index contributed by atoms with van der Waals surface area (Å²) in [6.07, 6.45) is 3.54. The van der Waals surface area contributed by atoms with Gasteiger partial charge in [0.2, 0.25) is 0 Å². The van der Waals surface area contributed by atoms with Crippen LogP contribution in [-0.4, -0.2) is 36.0 Å². The lowest BCUT2D eigenvalue weighted by atomic mass is 9.57. The first-order valence-electron chi connectivity index (χ1n) is 7.81. The van der Waals surface area contributed by atoms with Crippen LogP contribution in [0.2, 0.25) is 0 Å². The van der Waals surface area contributed by atoms with Gasteiger partial charge in [-0.3, -0.25) is 0 Å². The highest BCUT2D eigenvalue weighted by molar-refractivity contribution is 5.11. The number of rotatable bonds is 6. The second-order valence-corrected chi connectivity index (χ2v) is 7.85. The van der Waals surface area contributed by atoms with Gasteiger partial charge in [-0.1, -0.05) is 27.7 Å². The highest BCUT2D eigenvalue weighted by Crippen LogP contribution is 2.52. The van der Waals surface area contributed by atoms with Crippen molar-refractivity contribution in [1.82, 2.24) is 5.32 Å². The zero-order valence-electron chi connectivity index (χ0n) is 13.2. The summed E-state index contributed by atoms with van der Waals surface area (Å²) in [6, 6.07) is 0.491. The average molecular weight is 269 g/mol. The van der Waals surface area contributed by atoms with Gasteiger partial charge in [0.05, 0.1) is 11.7 Å². The van der Waals surface area contributed by atoms with Gasteiger partial charge in [-0.05, 0) is 32.1 Å². The van der Waals surface area contributed by atoms with Gasteiger partial charge in [0, 0.05) is 30.5 Å². The summed E-state index contributed by atoms with van der Waals surface area (Å²) >= 11 is 0. The van der Waals surface area contributed by atoms with Gasteiger partial charge in [0.15, 0.2) is 0 Å². The van der Waals surface area contributed by atoms with Crippen molar-refractivity contribution in [3.8, 4) is 0 Å². The molecule has 0 aromatic carbocycles. The molecular formula is C16H31NO2. The van der Waals surface area contributed by atoms with E-state index in [0.717, 1.165) is 19.4 Å². The molecule has 2 aliphatic rings. The molecule has 1 saturated heterocycles. The number of nitrogens with one attached hydrogen (secondary N) is 1. The van der Waals surface area contributed by atoms with Crippen LogP contribution in [0.3, 0.4) is 0 Å². The lowest BCUT2D eigenvalue weighted by Crippen LogP contribution is -2.67. The molecule has 19 heavy (non-hydrogen) atoms. The molecule has 2 rings (SSSR count). The minimum absolute atomic E-state index is 0.204. The molecule has 0 aromatic rings. The van der Waals surface area contributed by atoms with Crippen LogP contribution in [0.5, 0.6) is 0 Å². The lowest BCUT2D eigenvalue weighted by Gasteiger charge is -2.55. The third kappa shape index (κ3) is 3.14. The molecule has 1 aliphatic heterocycles. The molecule has 1 aliphatic carbocycles. The fourth-order valence-corrected chi connectivity index (χ4v) is 3.76. The van der Waals surface area contributed by atoms with Crippen molar-refractivity contribution in [3.63, 3.8) is 0 Å². The third-order valence-corrected chi connectivity index (χ3v) is 5.06. The van der Waals surface area contributed by atoms with Crippen LogP contribution in [0.25, 0.3) is 0 Å². The van der Waals surface area contributed by atoms with E-state index in [4.69, 9.17) is 4.74 Å². The molecule has 112 valence electrons. The van der Waals surface area contributed by atoms with Crippen LogP contribution in [0.4, 0.5) is 0 Å². The van der Waals surface area contributed by atoms with Gasteiger partial charge in [-0.15, -0.1) is 0 Å². The van der Waals surface area contributed by atoms with Crippen molar-refractivity contribution in [2.24, 2.45) is 17.3 Å². The Labute approximate surface area is 118 Å². The zero-order valence-corrected chi connectivity index (χ0v) is 13.2. The third-order valence-electron chi connectivity index (χ3n) is 5.06. The van der Waals surface area contributed by atoms with E-state index < -0.39 is 5.60 Å². The van der Waals surface area contributed by atoms with Gasteiger partial charge in [0.1, 0.15) is 0 Å². The Bertz CT molecular complexity index is 312. The first-order chi connectivity index (χ1) is 8.74. The molecule has 1 heterocycles. The van der Waals surface area contributed by atoms with Crippen LogP contribution in [-0.2, 0) is 4.74 Å². The Morgan fingerprint density at radius 1 is 1.42 bits per heavy atom. The van der Waals surface area contributed by atoms with Crippen molar-refractivity contribution < 1.29 is 9.84 Å². The van der Waals surface area contributed by atoms with Crippen LogP contribution < -0.4 is 5.32 Å². The maximum atomic E-state index is 10.4. The molecule has 1 saturated carbocycles. The summed E-state index contributed by atoms with van der Waals surface area (Å²) in [6.45, 7) is 12.5. The molecule has 0 aromatic heterocycles. The Hall–Kier alpha value is -0.120. The summed E-state index contributed by atoms with van der Waals surface area (Å²) in [5.74, 6) is 1.30. The molecule has 3 nitrogen and oxygen atoms in total. The fraction of sp³-hybridized carbons (Fsp3) is 1.00. The average Bonchev–Trinajstić information content (AvgIpc) is 2.73. The number of aliphatic hydroxyl groups is 1. The largest absolute Gasteiger partial charge is 0.389 e. The Morgan fingerprint density at radius 2 is 2.11 bits per heavy atom. The van der Waals surface area contributed by atoms with Gasteiger partial charge in [0.25, 0.3) is 0 Å². The van der Waals surface area contributed by atoms with E-state index >= 15 is 0 Å². The Morgan fingerprint density at radius 3 is 2.74 bits per heavy atom. The van der Waals surface area contributed by atoms with Crippen molar-refractivity contribution in [2.75, 3.05) is 13.2 Å². The van der Waals surface area contributed by atoms with E-state index in [1.165, 1.54) is 6.42 Å². The normalized spacial score (nSPS) is 35.8. The monoisotopic (exact) mass is 269 g/mol. The highest BCUT2D eigenvalue weighted by atomic mass is 16.5. The van der Waals surface area contributed by atoms with Crippen molar-refractivity contribution in [1.29, 1.82) is 0 Å². The number of hydrogen-bond donors (Lipinski definition) is 2. The van der Waals surface area contributed by atoms with E-state index in [9.17, 15) is 5.11 Å². The number of hydrogen-bond acceptors (Lipinski definition) is 3. The molecule has 0 bridgehead atoms. The highest BCUT2D eigenvalue weighted by Gasteiger charge is 2.59. The first-order valence-corrected chi connectivity index (χ1v) is 7.81. The van der Waals surface area contributed by atoms with E-state index in [0.29, 0.717) is 30.5 Å². The topological polar surface area (TPSA) is 41.5 Å². The van der Waals surface area contributed by atoms with E-state index in [-0.39, 0.29) is 5.41 Å². The molecule has 0 radical (unpaired) electrons. The fourth-order valence-electron chi connectivity index (χ4n) is 3.76. The van der Waals surface area contributed by atoms with Gasteiger partial charge in [-0.25, -0.2) is 0 Å². The minimum Gasteiger partial charge on any atom is -0.389 e. The van der Waals surface area contributed by atoms with Gasteiger partial charge >= 0.3 is 0 Å². The molecule has 0 amide bonds. The number of fused-ring (bicyclic) bond motifs is 1. The van der Waals surface area contributed by atoms with Gasteiger partial charge < -0.3 is 15.2 Å². The first kappa shape index (κ1) is 15.3. The number of ether oxygens (including phenoxy) is 1. The quantitative estimate of drug-likeness (QED) is 0.779. The smallest absolute Gasteiger partial charge is 0.0743 e. The van der Waals surface area contributed by atoms with Crippen LogP contribution in [0.15, 0.2) is 0 Å². The van der Waals surface area contributed by atoms with E-state index in [1.54, 1.807) is 0 Å². The second-order valence-electron chi connectivity index (χ2n) is 7.85. The lowest BCUT2D eigenvalue weighted by molar-refractivity contribution is -0.117. The Balaban J connectivity index is 1.82. The van der Waals surface area contributed by atoms with E-state index in [1.807, 2.05) is 6.92 Å². The maximum Gasteiger partial charge on any atom is 0.0743 e. The van der Waals surface area contributed by atoms with Crippen molar-refractivity contribution in [2.45, 2.75) is 71.6 Å². The van der Waals surface area contributed by atoms with Crippen LogP contribution in [0.1, 0.15) is 53.9 Å². The summed E-state index contributed by atoms with van der Waals surface area (Å²) in [5.41, 5.74) is -0.389. The summed E-state index contributed by atoms with van der Waals surface area (Å²) in [7, 11) is 0. The predicted octanol–water partition coefficient (Wildman–Crippen LogP) is 2.58. The standard InChI is InChI=1S/C16H31NO2/c1-11(2)6-8-16(5,18)10-17-13-12-7-9-19-14(12)15(13,3)4/h11-14,17-18H,6-10H2,1-5H3. The summed E-state index contributed by atoms with van der Waals surface area (Å²) in [5, 5.41) is 14.1. The predicted molar refractivity (Wildman–Crippen MR) is 78.1 cm³/mol. The molecule has 4 atom stereocenters. The Kier molecular flexibility index (Phi) is 4.29. The summed E-state index contributed by atoms with van der Waals surface area (Å²) in [4.78, 5) is 0. The second kappa shape index (κ2) is 5.34. The van der Waals surface area contributed by atoms with Crippen LogP contribution in [0, 0.1) is 17.3 Å². The molecular weight excluding hydrogens is 238 g/mol. The molecule has 4 unspecified atom stereocenters. The molecule has 3 heteroatoms. The van der Waals surface area contributed by atoms with Gasteiger partial charge in [-0.2, -0.15) is 0 Å². The SMILES string of the molecule is CC(C)CCC(C)(O)CNC1C2CCOC2C1(C)C. The molecule has 0 spiro atoms. The van der Waals surface area contributed by atoms with E-state index in [2.05, 4.69) is 33.0 Å². The summed E-state index contributed by atoms with van der Waals surface area (Å²) < 4.78 is 5.81. The maximum absolute atomic E-state index is 10.4. The molecule has 2 N–H and O–H groups in total. The minimum atomic E-state index is -0.592. The molecule has 2 fully saturated rings. The van der Waals surface area contributed by atoms with Crippen LogP contribution >= 0.6 is 0 Å². The van der Waals surface area contributed by atoms with Crippen molar-refractivity contribution >= 4 is 0 Å². The van der Waals surface area contributed by atoms with Crippen molar-refractivity contribution in [3.05, 3.63) is 0 Å².